The zero-order chi connectivity index (χ0) is 31.9. The van der Waals surface area contributed by atoms with Crippen LogP contribution in [0.3, 0.4) is 0 Å². The molecule has 0 bridgehead atoms. The van der Waals surface area contributed by atoms with Gasteiger partial charge >= 0.3 is 11.4 Å². The monoisotopic (exact) mass is 660 g/mol. The quantitative estimate of drug-likeness (QED) is 0.0779. The van der Waals surface area contributed by atoms with Gasteiger partial charge in [-0.05, 0) is 54.2 Å². The number of benzene rings is 4. The Morgan fingerprint density at radius 2 is 1.49 bits per heavy atom. The first-order chi connectivity index (χ1) is 21.6. The van der Waals surface area contributed by atoms with Gasteiger partial charge in [-0.2, -0.15) is 22.0 Å². The van der Waals surface area contributed by atoms with Crippen molar-refractivity contribution in [2.45, 2.75) is 43.2 Å². The van der Waals surface area contributed by atoms with Crippen LogP contribution in [0, 0.1) is 5.92 Å². The van der Waals surface area contributed by atoms with Gasteiger partial charge in [0.15, 0.2) is 0 Å². The average Bonchev–Trinajstić information content (AvgIpc) is 3.89. The van der Waals surface area contributed by atoms with Crippen LogP contribution >= 0.6 is 23.5 Å². The summed E-state index contributed by atoms with van der Waals surface area (Å²) in [7, 11) is 0. The number of halogens is 6. The first kappa shape index (κ1) is 33.1. The van der Waals surface area contributed by atoms with E-state index in [-0.39, 0.29) is 17.5 Å². The number of rotatable bonds is 15. The molecule has 1 aliphatic rings. The van der Waals surface area contributed by atoms with Crippen LogP contribution in [0.15, 0.2) is 103 Å². The fourth-order valence-electron chi connectivity index (χ4n) is 5.19. The van der Waals surface area contributed by atoms with Gasteiger partial charge in [-0.1, -0.05) is 90.5 Å². The van der Waals surface area contributed by atoms with Crippen LogP contribution < -0.4 is 9.46 Å². The fraction of sp³-hybridized carbons (Fsp3) is 0.314. The van der Waals surface area contributed by atoms with E-state index in [1.165, 1.54) is 6.07 Å². The van der Waals surface area contributed by atoms with Crippen molar-refractivity contribution in [2.24, 2.45) is 5.92 Å². The Morgan fingerprint density at radius 1 is 0.844 bits per heavy atom. The van der Waals surface area contributed by atoms with Crippen LogP contribution in [0.4, 0.5) is 27.6 Å². The Hall–Kier alpha value is -3.27. The van der Waals surface area contributed by atoms with Crippen molar-refractivity contribution in [3.8, 4) is 5.75 Å². The smallest absolute Gasteiger partial charge is 0.417 e. The normalized spacial score (nSPS) is 13.8. The number of alkyl halides is 5. The first-order valence-electron chi connectivity index (χ1n) is 14.8. The molecule has 1 fully saturated rings. The maximum absolute atomic E-state index is 14.1. The minimum absolute atomic E-state index is 0.0353. The second kappa shape index (κ2) is 14.9. The summed E-state index contributed by atoms with van der Waals surface area (Å²) in [5, 5.41) is -3.11. The highest BCUT2D eigenvalue weighted by Gasteiger charge is 2.47. The van der Waals surface area contributed by atoms with Gasteiger partial charge in [0.05, 0.1) is 17.2 Å². The molecule has 3 nitrogen and oxygen atoms in total. The van der Waals surface area contributed by atoms with E-state index in [4.69, 9.17) is 16.3 Å². The molecule has 0 unspecified atom stereocenters. The van der Waals surface area contributed by atoms with Gasteiger partial charge in [0.2, 0.25) is 0 Å². The maximum atomic E-state index is 14.1. The lowest BCUT2D eigenvalue weighted by molar-refractivity contribution is -0.137. The van der Waals surface area contributed by atoms with E-state index in [1.54, 1.807) is 30.3 Å². The van der Waals surface area contributed by atoms with E-state index in [0.29, 0.717) is 67.9 Å². The second-order valence-electron chi connectivity index (χ2n) is 11.2. The van der Waals surface area contributed by atoms with Crippen molar-refractivity contribution in [2.75, 3.05) is 24.4 Å². The van der Waals surface area contributed by atoms with Crippen LogP contribution in [0.25, 0.3) is 0 Å². The number of ether oxygens (including phenoxy) is 1. The molecule has 45 heavy (non-hydrogen) atoms. The molecule has 5 rings (SSSR count). The van der Waals surface area contributed by atoms with Crippen molar-refractivity contribution in [1.29, 1.82) is 0 Å². The summed E-state index contributed by atoms with van der Waals surface area (Å²) in [6.45, 7) is 1.59. The van der Waals surface area contributed by atoms with Crippen molar-refractivity contribution >= 4 is 29.2 Å². The third kappa shape index (κ3) is 9.37. The minimum atomic E-state index is -4.56. The van der Waals surface area contributed by atoms with Crippen molar-refractivity contribution in [3.05, 3.63) is 130 Å². The summed E-state index contributed by atoms with van der Waals surface area (Å²) in [5.74, 6) is -0.0762. The molecule has 0 saturated heterocycles. The van der Waals surface area contributed by atoms with Gasteiger partial charge in [-0.3, -0.25) is 4.90 Å². The molecule has 0 amide bonds. The van der Waals surface area contributed by atoms with E-state index in [0.717, 1.165) is 17.2 Å². The molecule has 0 heterocycles. The van der Waals surface area contributed by atoms with Crippen molar-refractivity contribution < 1.29 is 26.7 Å². The largest absolute Gasteiger partial charge is 0.493 e. The molecule has 4 aromatic carbocycles. The number of hydrogen-bond donors (Lipinski definition) is 1. The topological polar surface area (TPSA) is 24.5 Å². The second-order valence-corrected chi connectivity index (χ2v) is 12.5. The number of nitrogens with one attached hydrogen (secondary N) is 1. The Kier molecular flexibility index (Phi) is 10.9. The van der Waals surface area contributed by atoms with Gasteiger partial charge in [0.25, 0.3) is 0 Å². The average molecular weight is 661 g/mol. The molecule has 1 aliphatic carbocycles. The van der Waals surface area contributed by atoms with Crippen LogP contribution in [-0.4, -0.2) is 29.9 Å². The summed E-state index contributed by atoms with van der Waals surface area (Å²) in [5.41, 5.74) is 2.25. The van der Waals surface area contributed by atoms with E-state index >= 15 is 0 Å². The molecule has 0 aromatic heterocycles. The molecule has 0 aliphatic heterocycles. The number of nitrogens with zero attached hydrogens (tertiary/aromatic N) is 1. The predicted octanol–water partition coefficient (Wildman–Crippen LogP) is 10.5. The standard InChI is InChI=1S/C35H34ClF5N2OS/c36-33-27(14-7-17-32(33)34(37,38)39)23-43(24-31(25-10-3-1-4-11-25)26-12-5-2-6-13-26)20-9-21-44-30-16-8-15-29(22-30)42-45-35(40,41)28-18-19-28/h1-8,10-17,22,28,31,42H,9,18-21,23-24H2. The molecule has 1 saturated carbocycles. The summed E-state index contributed by atoms with van der Waals surface area (Å²) in [6.07, 6.45) is -2.91. The Labute approximate surface area is 269 Å². The molecular weight excluding hydrogens is 627 g/mol. The fourth-order valence-corrected chi connectivity index (χ4v) is 6.26. The molecular formula is C35H34ClF5N2OS. The minimum Gasteiger partial charge on any atom is -0.493 e. The summed E-state index contributed by atoms with van der Waals surface area (Å²) >= 11 is 6.74. The van der Waals surface area contributed by atoms with Gasteiger partial charge in [0, 0.05) is 55.2 Å². The molecule has 238 valence electrons. The van der Waals surface area contributed by atoms with Crippen LogP contribution in [0.5, 0.6) is 5.75 Å². The molecule has 1 N–H and O–H groups in total. The maximum Gasteiger partial charge on any atom is 0.417 e. The Balaban J connectivity index is 1.29. The van der Waals surface area contributed by atoms with Gasteiger partial charge in [-0.15, -0.1) is 0 Å². The zero-order valence-electron chi connectivity index (χ0n) is 24.5. The van der Waals surface area contributed by atoms with Gasteiger partial charge < -0.3 is 9.46 Å². The van der Waals surface area contributed by atoms with E-state index in [2.05, 4.69) is 33.9 Å². The Morgan fingerprint density at radius 3 is 2.11 bits per heavy atom. The van der Waals surface area contributed by atoms with Crippen molar-refractivity contribution in [1.82, 2.24) is 4.90 Å². The van der Waals surface area contributed by atoms with Gasteiger partial charge in [-0.25, -0.2) is 0 Å². The Bertz CT molecular complexity index is 1480. The zero-order valence-corrected chi connectivity index (χ0v) is 26.0. The first-order valence-corrected chi connectivity index (χ1v) is 16.0. The van der Waals surface area contributed by atoms with Crippen LogP contribution in [0.1, 0.15) is 47.4 Å². The van der Waals surface area contributed by atoms with E-state index in [1.807, 2.05) is 36.4 Å². The van der Waals surface area contributed by atoms with Crippen LogP contribution in [0.2, 0.25) is 5.02 Å². The van der Waals surface area contributed by atoms with Gasteiger partial charge in [0.1, 0.15) is 5.75 Å². The third-order valence-electron chi connectivity index (χ3n) is 7.70. The molecule has 0 atom stereocenters. The lowest BCUT2D eigenvalue weighted by Gasteiger charge is -2.29. The lowest BCUT2D eigenvalue weighted by atomic mass is 9.90. The third-order valence-corrected chi connectivity index (χ3v) is 9.09. The van der Waals surface area contributed by atoms with E-state index < -0.39 is 22.9 Å². The molecule has 0 radical (unpaired) electrons. The highest BCUT2D eigenvalue weighted by molar-refractivity contribution is 8.01. The van der Waals surface area contributed by atoms with Crippen molar-refractivity contribution in [3.63, 3.8) is 0 Å². The summed E-state index contributed by atoms with van der Waals surface area (Å²) in [4.78, 5) is 2.10. The summed E-state index contributed by atoms with van der Waals surface area (Å²) < 4.78 is 77.8. The number of hydrogen-bond acceptors (Lipinski definition) is 4. The molecule has 4 aromatic rings. The SMILES string of the molecule is FC(F)(F)c1cccc(CN(CCCOc2cccc(NSC(F)(F)C3CC3)c2)CC(c2ccccc2)c2ccccc2)c1Cl. The predicted molar refractivity (Wildman–Crippen MR) is 172 cm³/mol. The lowest BCUT2D eigenvalue weighted by Crippen LogP contribution is -2.31. The van der Waals surface area contributed by atoms with Crippen LogP contribution in [-0.2, 0) is 12.7 Å². The highest BCUT2D eigenvalue weighted by atomic mass is 35.5. The molecule has 0 spiro atoms. The summed E-state index contributed by atoms with van der Waals surface area (Å²) in [6, 6.07) is 30.9. The highest BCUT2D eigenvalue weighted by Crippen LogP contribution is 2.49. The molecule has 10 heteroatoms. The number of anilines is 1. The van der Waals surface area contributed by atoms with E-state index in [9.17, 15) is 22.0 Å².